The normalized spacial score (nSPS) is 25.8. The van der Waals surface area contributed by atoms with Gasteiger partial charge in [-0.3, -0.25) is 0 Å². The van der Waals surface area contributed by atoms with Crippen molar-refractivity contribution in [2.45, 2.75) is 32.8 Å². The lowest BCUT2D eigenvalue weighted by molar-refractivity contribution is 0.222. The number of rotatable bonds is 2. The second-order valence-corrected chi connectivity index (χ2v) is 3.95. The zero-order chi connectivity index (χ0) is 8.77. The molecule has 1 saturated carbocycles. The van der Waals surface area contributed by atoms with Crippen LogP contribution in [-0.4, -0.2) is 15.2 Å². The Hall–Kier alpha value is -0.900. The average Bonchev–Trinajstić information content (AvgIpc) is 2.52. The first-order chi connectivity index (χ1) is 5.63. The van der Waals surface area contributed by atoms with E-state index in [4.69, 9.17) is 9.63 Å². The van der Waals surface area contributed by atoms with Crippen LogP contribution in [0.1, 0.15) is 37.9 Å². The molecule has 1 aliphatic carbocycles. The minimum Gasteiger partial charge on any atom is -0.387 e. The largest absolute Gasteiger partial charge is 0.387 e. The van der Waals surface area contributed by atoms with Crippen LogP contribution in [0.25, 0.3) is 0 Å². The molecular weight excluding hydrogens is 156 g/mol. The molecule has 0 spiro atoms. The summed E-state index contributed by atoms with van der Waals surface area (Å²) >= 11 is 0. The molecule has 0 radical (unpaired) electrons. The molecule has 1 aliphatic rings. The summed E-state index contributed by atoms with van der Waals surface area (Å²) in [6.07, 6.45) is 1.11. The van der Waals surface area contributed by atoms with E-state index in [1.807, 2.05) is 0 Å². The van der Waals surface area contributed by atoms with Crippen LogP contribution in [0, 0.1) is 5.41 Å². The maximum Gasteiger partial charge on any atom is 0.252 e. The third-order valence-electron chi connectivity index (χ3n) is 2.44. The molecular formula is C8H12N2O2. The summed E-state index contributed by atoms with van der Waals surface area (Å²) in [6.45, 7) is 4.18. The van der Waals surface area contributed by atoms with Gasteiger partial charge in [0.2, 0.25) is 0 Å². The van der Waals surface area contributed by atoms with Gasteiger partial charge in [0, 0.05) is 5.92 Å². The van der Waals surface area contributed by atoms with Crippen molar-refractivity contribution in [2.24, 2.45) is 5.41 Å². The Morgan fingerprint density at radius 1 is 1.67 bits per heavy atom. The maximum atomic E-state index is 8.69. The number of aromatic nitrogens is 2. The molecule has 0 saturated heterocycles. The van der Waals surface area contributed by atoms with Crippen LogP contribution in [0.5, 0.6) is 0 Å². The lowest BCUT2D eigenvalue weighted by Crippen LogP contribution is -1.92. The molecule has 0 bridgehead atoms. The highest BCUT2D eigenvalue weighted by Crippen LogP contribution is 2.57. The Labute approximate surface area is 70.6 Å². The minimum atomic E-state index is -0.167. The van der Waals surface area contributed by atoms with Crippen LogP contribution in [0.3, 0.4) is 0 Å². The van der Waals surface area contributed by atoms with Gasteiger partial charge in [0.15, 0.2) is 5.82 Å². The summed E-state index contributed by atoms with van der Waals surface area (Å²) < 4.78 is 4.80. The fourth-order valence-corrected chi connectivity index (χ4v) is 1.38. The maximum absolute atomic E-state index is 8.69. The van der Waals surface area contributed by atoms with Gasteiger partial charge in [0.05, 0.1) is 0 Å². The molecule has 66 valence electrons. The number of nitrogens with zero attached hydrogens (tertiary/aromatic N) is 2. The van der Waals surface area contributed by atoms with E-state index in [1.165, 1.54) is 0 Å². The highest BCUT2D eigenvalue weighted by atomic mass is 16.5. The highest BCUT2D eigenvalue weighted by Gasteiger charge is 2.49. The van der Waals surface area contributed by atoms with E-state index in [9.17, 15) is 0 Å². The zero-order valence-electron chi connectivity index (χ0n) is 7.24. The number of aliphatic hydroxyl groups is 1. The fraction of sp³-hybridized carbons (Fsp3) is 0.750. The summed E-state index contributed by atoms with van der Waals surface area (Å²) in [5.41, 5.74) is 0.316. The lowest BCUT2D eigenvalue weighted by atomic mass is 10.1. The van der Waals surface area contributed by atoms with Gasteiger partial charge in [-0.05, 0) is 11.8 Å². The van der Waals surface area contributed by atoms with Gasteiger partial charge in [-0.1, -0.05) is 19.0 Å². The van der Waals surface area contributed by atoms with Crippen LogP contribution < -0.4 is 0 Å². The summed E-state index contributed by atoms with van der Waals surface area (Å²) in [4.78, 5) is 4.06. The van der Waals surface area contributed by atoms with E-state index in [1.54, 1.807) is 0 Å². The molecule has 1 aromatic heterocycles. The van der Waals surface area contributed by atoms with Crippen molar-refractivity contribution in [2.75, 3.05) is 0 Å². The van der Waals surface area contributed by atoms with Gasteiger partial charge >= 0.3 is 0 Å². The van der Waals surface area contributed by atoms with E-state index in [2.05, 4.69) is 24.0 Å². The Balaban J connectivity index is 2.15. The first-order valence-electron chi connectivity index (χ1n) is 4.07. The van der Waals surface area contributed by atoms with E-state index in [-0.39, 0.29) is 6.61 Å². The summed E-state index contributed by atoms with van der Waals surface area (Å²) in [5.74, 6) is 1.47. The van der Waals surface area contributed by atoms with Crippen molar-refractivity contribution >= 4 is 0 Å². The number of hydrogen-bond acceptors (Lipinski definition) is 4. The second kappa shape index (κ2) is 2.29. The topological polar surface area (TPSA) is 59.2 Å². The molecule has 1 heterocycles. The van der Waals surface area contributed by atoms with Crippen LogP contribution in [0.4, 0.5) is 0 Å². The summed E-state index contributed by atoms with van der Waals surface area (Å²) in [5, 5.41) is 12.5. The molecule has 1 unspecified atom stereocenters. The lowest BCUT2D eigenvalue weighted by Gasteiger charge is -1.95. The number of hydrogen-bond donors (Lipinski definition) is 1. The molecule has 1 N–H and O–H groups in total. The van der Waals surface area contributed by atoms with Gasteiger partial charge in [0.25, 0.3) is 5.89 Å². The van der Waals surface area contributed by atoms with E-state index < -0.39 is 0 Å². The van der Waals surface area contributed by atoms with Gasteiger partial charge in [-0.2, -0.15) is 4.98 Å². The van der Waals surface area contributed by atoms with E-state index in [0.717, 1.165) is 12.2 Å². The van der Waals surface area contributed by atoms with E-state index in [0.29, 0.717) is 17.2 Å². The first-order valence-corrected chi connectivity index (χ1v) is 4.07. The Bertz CT molecular complexity index is 293. The summed E-state index contributed by atoms with van der Waals surface area (Å²) in [7, 11) is 0. The van der Waals surface area contributed by atoms with E-state index >= 15 is 0 Å². The second-order valence-electron chi connectivity index (χ2n) is 3.95. The molecule has 4 nitrogen and oxygen atoms in total. The Morgan fingerprint density at radius 2 is 2.33 bits per heavy atom. The van der Waals surface area contributed by atoms with Crippen molar-refractivity contribution in [3.05, 3.63) is 11.7 Å². The summed E-state index contributed by atoms with van der Waals surface area (Å²) in [6, 6.07) is 0. The minimum absolute atomic E-state index is 0.167. The third kappa shape index (κ3) is 1.12. The molecule has 0 aliphatic heterocycles. The van der Waals surface area contributed by atoms with Gasteiger partial charge in [-0.25, -0.2) is 0 Å². The standard InChI is InChI=1S/C8H12N2O2/c1-8(2)3-5(8)7-9-6(4-11)12-10-7/h5,11H,3-4H2,1-2H3. The fourth-order valence-electron chi connectivity index (χ4n) is 1.38. The van der Waals surface area contributed by atoms with Crippen LogP contribution in [-0.2, 0) is 6.61 Å². The van der Waals surface area contributed by atoms with Gasteiger partial charge in [0.1, 0.15) is 6.61 Å². The Kier molecular flexibility index (Phi) is 1.48. The van der Waals surface area contributed by atoms with Crippen LogP contribution in [0.15, 0.2) is 4.52 Å². The molecule has 1 fully saturated rings. The molecule has 4 heteroatoms. The molecule has 1 aromatic rings. The smallest absolute Gasteiger partial charge is 0.252 e. The molecule has 0 amide bonds. The number of aliphatic hydroxyl groups excluding tert-OH is 1. The zero-order valence-corrected chi connectivity index (χ0v) is 7.24. The highest BCUT2D eigenvalue weighted by molar-refractivity contribution is 5.14. The molecule has 2 rings (SSSR count). The average molecular weight is 168 g/mol. The van der Waals surface area contributed by atoms with Crippen molar-refractivity contribution in [3.8, 4) is 0 Å². The third-order valence-corrected chi connectivity index (χ3v) is 2.44. The molecule has 1 atom stereocenters. The van der Waals surface area contributed by atoms with Crippen molar-refractivity contribution in [3.63, 3.8) is 0 Å². The van der Waals surface area contributed by atoms with Crippen LogP contribution >= 0.6 is 0 Å². The predicted octanol–water partition coefficient (Wildman–Crippen LogP) is 1.08. The monoisotopic (exact) mass is 168 g/mol. The quantitative estimate of drug-likeness (QED) is 0.717. The molecule has 0 aromatic carbocycles. The molecule has 12 heavy (non-hydrogen) atoms. The SMILES string of the molecule is CC1(C)CC1c1noc(CO)n1. The van der Waals surface area contributed by atoms with Gasteiger partial charge in [-0.15, -0.1) is 0 Å². The Morgan fingerprint density at radius 3 is 2.75 bits per heavy atom. The van der Waals surface area contributed by atoms with Crippen molar-refractivity contribution in [1.29, 1.82) is 0 Å². The predicted molar refractivity (Wildman–Crippen MR) is 41.4 cm³/mol. The van der Waals surface area contributed by atoms with Crippen molar-refractivity contribution < 1.29 is 9.63 Å². The van der Waals surface area contributed by atoms with Gasteiger partial charge < -0.3 is 9.63 Å². The van der Waals surface area contributed by atoms with Crippen LogP contribution in [0.2, 0.25) is 0 Å². The first kappa shape index (κ1) is 7.73. The van der Waals surface area contributed by atoms with Crippen molar-refractivity contribution in [1.82, 2.24) is 10.1 Å².